The molecule has 3 saturated heterocycles. The van der Waals surface area contributed by atoms with Crippen molar-refractivity contribution >= 4 is 85.6 Å². The van der Waals surface area contributed by atoms with E-state index in [1.165, 1.54) is 70.2 Å². The van der Waals surface area contributed by atoms with Crippen molar-refractivity contribution in [3.8, 4) is 34.3 Å². The normalized spacial score (nSPS) is 23.8. The Bertz CT molecular complexity index is 3860. The van der Waals surface area contributed by atoms with Gasteiger partial charge in [0.15, 0.2) is 11.5 Å². The number of carbonyl (C=O) groups excluding carboxylic acids is 6. The SMILES string of the molecule is COc1cc2cc(c1Cl)N(C)C(=O)C[C@H](OC(=O)[C@H](C)N(C)C(=O)CCSSC(C)(C)[C@H](NC(=O)N1CCC(CCn3ccc4cc(-n5c(-c6cc(C(C)C)c(O)cc6O)n[nH]c5=O)ccc43)CC1)C(N)=O)[C@]1(C)O[C@H]1[C@H](C)[C@@H]1C[C@@](O)(NC(=O)O1)[C@H](OC)/C=C/CC=C(C)C2. The maximum absolute atomic E-state index is 14.5. The Morgan fingerprint density at radius 3 is 2.45 bits per heavy atom. The van der Waals surface area contributed by atoms with Crippen molar-refractivity contribution in [3.63, 3.8) is 0 Å². The molecule has 0 unspecified atom stereocenters. The van der Waals surface area contributed by atoms with Gasteiger partial charge < -0.3 is 69.3 Å². The molecule has 2 aromatic heterocycles. The van der Waals surface area contributed by atoms with Crippen LogP contribution in [-0.4, -0.2) is 180 Å². The van der Waals surface area contributed by atoms with E-state index < -0.39 is 106 Å². The Hall–Kier alpha value is -7.69. The molecule has 8 N–H and O–H groups in total. The van der Waals surface area contributed by atoms with E-state index in [1.54, 1.807) is 63.9 Å². The molecule has 4 aliphatic heterocycles. The zero-order chi connectivity index (χ0) is 69.9. The number of aromatic amines is 1. The van der Waals surface area contributed by atoms with Gasteiger partial charge in [0.25, 0.3) is 0 Å². The fourth-order valence-electron chi connectivity index (χ4n) is 13.0. The number of esters is 1. The van der Waals surface area contributed by atoms with Crippen LogP contribution in [0.5, 0.6) is 17.2 Å². The van der Waals surface area contributed by atoms with Gasteiger partial charge in [-0.1, -0.05) is 77.8 Å². The molecule has 6 heterocycles. The molecule has 28 heteroatoms. The van der Waals surface area contributed by atoms with Gasteiger partial charge in [0, 0.05) is 93.3 Å². The second-order valence-electron chi connectivity index (χ2n) is 26.5. The molecule has 0 spiro atoms. The third kappa shape index (κ3) is 16.0. The molecule has 4 bridgehead atoms. The van der Waals surface area contributed by atoms with Gasteiger partial charge in [-0.05, 0) is 132 Å². The zero-order valence-corrected chi connectivity index (χ0v) is 58.7. The maximum Gasteiger partial charge on any atom is 0.409 e. The van der Waals surface area contributed by atoms with E-state index in [0.29, 0.717) is 66.6 Å². The molecule has 3 aromatic carbocycles. The number of ether oxygens (including phenoxy) is 5. The van der Waals surface area contributed by atoms with E-state index in [9.17, 15) is 48.9 Å². The molecule has 0 radical (unpaired) electrons. The number of aromatic nitrogens is 4. The van der Waals surface area contributed by atoms with Crippen molar-refractivity contribution in [2.75, 3.05) is 52.1 Å². The van der Waals surface area contributed by atoms with Crippen LogP contribution >= 0.6 is 33.2 Å². The number of anilines is 1. The van der Waals surface area contributed by atoms with Crippen LogP contribution in [0.25, 0.3) is 28.0 Å². The number of nitrogens with two attached hydrogens (primary N) is 1. The predicted octanol–water partition coefficient (Wildman–Crippen LogP) is 8.85. The average molecular weight is 1390 g/mol. The molecule has 520 valence electrons. The van der Waals surface area contributed by atoms with Crippen LogP contribution < -0.4 is 31.7 Å². The predicted molar refractivity (Wildman–Crippen MR) is 367 cm³/mol. The van der Waals surface area contributed by atoms with Crippen LogP contribution in [-0.2, 0) is 51.1 Å². The number of urea groups is 1. The highest BCUT2D eigenvalue weighted by molar-refractivity contribution is 8.77. The lowest BCUT2D eigenvalue weighted by Gasteiger charge is -2.42. The Morgan fingerprint density at radius 1 is 1.03 bits per heavy atom. The lowest BCUT2D eigenvalue weighted by Crippen LogP contribution is -2.63. The summed E-state index contributed by atoms with van der Waals surface area (Å²) in [4.78, 5) is 100. The van der Waals surface area contributed by atoms with Crippen LogP contribution in [0.3, 0.4) is 0 Å². The number of halogens is 1. The first kappa shape index (κ1) is 72.6. The van der Waals surface area contributed by atoms with Gasteiger partial charge in [-0.15, -0.1) is 0 Å². The van der Waals surface area contributed by atoms with Gasteiger partial charge >= 0.3 is 23.8 Å². The fourth-order valence-corrected chi connectivity index (χ4v) is 15.9. The highest BCUT2D eigenvalue weighted by Gasteiger charge is 2.64. The monoisotopic (exact) mass is 1380 g/mol. The van der Waals surface area contributed by atoms with Gasteiger partial charge in [0.05, 0.1) is 36.6 Å². The summed E-state index contributed by atoms with van der Waals surface area (Å²) in [6, 6.07) is 11.5. The van der Waals surface area contributed by atoms with Gasteiger partial charge in [-0.2, -0.15) is 5.10 Å². The number of hydrogen-bond donors (Lipinski definition) is 7. The summed E-state index contributed by atoms with van der Waals surface area (Å²) in [7, 11) is 8.53. The van der Waals surface area contributed by atoms with Crippen molar-refractivity contribution in [3.05, 3.63) is 105 Å². The maximum atomic E-state index is 14.5. The van der Waals surface area contributed by atoms with Crippen molar-refractivity contribution in [2.24, 2.45) is 17.6 Å². The Labute approximate surface area is 571 Å². The minimum absolute atomic E-state index is 0.0247. The number of aromatic hydroxyl groups is 2. The largest absolute Gasteiger partial charge is 0.508 e. The molecule has 9 atom stereocenters. The summed E-state index contributed by atoms with van der Waals surface area (Å²) in [6.07, 6.45) is 5.53. The topological polar surface area (TPSA) is 328 Å². The van der Waals surface area contributed by atoms with E-state index in [1.807, 2.05) is 63.4 Å². The smallest absolute Gasteiger partial charge is 0.409 e. The summed E-state index contributed by atoms with van der Waals surface area (Å²) < 4.78 is 32.3. The summed E-state index contributed by atoms with van der Waals surface area (Å²) in [5.74, 6) is -2.22. The number of fused-ring (bicyclic) bond motifs is 6. The van der Waals surface area contributed by atoms with E-state index in [-0.39, 0.29) is 46.9 Å². The van der Waals surface area contributed by atoms with Crippen LogP contribution in [0.2, 0.25) is 5.02 Å². The lowest BCUT2D eigenvalue weighted by atomic mass is 9.83. The first-order valence-electron chi connectivity index (χ1n) is 32.2. The molecule has 3 fully saturated rings. The molecular formula is C68H89ClN10O15S2. The lowest BCUT2D eigenvalue weighted by molar-refractivity contribution is -0.162. The number of likely N-dealkylation sites (N-methyl/N-ethyl adjacent to an activating group) is 1. The van der Waals surface area contributed by atoms with Gasteiger partial charge in [-0.3, -0.25) is 19.7 Å². The summed E-state index contributed by atoms with van der Waals surface area (Å²) in [6.45, 7) is 16.0. The van der Waals surface area contributed by atoms with Gasteiger partial charge in [-0.25, -0.2) is 28.8 Å². The quantitative estimate of drug-likeness (QED) is 0.0133. The van der Waals surface area contributed by atoms with Gasteiger partial charge in [0.1, 0.15) is 58.3 Å². The number of nitrogens with zero attached hydrogens (tertiary/aromatic N) is 6. The second-order valence-corrected chi connectivity index (χ2v) is 30.0. The molecule has 5 aromatic rings. The molecule has 4 aliphatic rings. The van der Waals surface area contributed by atoms with Crippen molar-refractivity contribution in [1.29, 1.82) is 0 Å². The number of nitrogens with one attached hydrogen (secondary N) is 3. The number of benzene rings is 3. The Morgan fingerprint density at radius 2 is 1.76 bits per heavy atom. The molecule has 96 heavy (non-hydrogen) atoms. The summed E-state index contributed by atoms with van der Waals surface area (Å²) in [5, 5.41) is 46.4. The number of rotatable bonds is 19. The van der Waals surface area contributed by atoms with E-state index in [0.717, 1.165) is 41.3 Å². The molecule has 25 nitrogen and oxygen atoms in total. The van der Waals surface area contributed by atoms with Crippen LogP contribution in [0.15, 0.2) is 83.3 Å². The summed E-state index contributed by atoms with van der Waals surface area (Å²) in [5.41, 5.74) is 6.82. The van der Waals surface area contributed by atoms with Gasteiger partial charge in [0.2, 0.25) is 17.7 Å². The zero-order valence-electron chi connectivity index (χ0n) is 56.3. The standard InChI is InChI=1S/C68H89ClN10O15S2/c1-37(2)45-33-46(50(81)34-49(45)80)61-73-74-64(87)79(61)44-17-18-47-43(32-44)22-27-77(47)24-19-41-20-25-78(26-21-41)63(86)71-58(60(70)84)66(6,7)96-95-28-23-55(82)75(9)40(5)62(85)93-54-35-56(83)76(10)48-30-42(31-51(90-11)57(48)69)29-38(3)15-13-14-16-53(91-12)68(89)36-52(92-65(88)72-68)39(4)59-67(54,8)94-59/h14-18,22,27,30-34,37,39-41,52-54,58-59,80-81,89H,13,19-21,23-26,28-29,35-36H2,1-12H3,(H2,70,84)(H,71,86)(H,72,88)(H,74,87)/b16-14+,38-15?/t39-,40+,52+,53-,54+,58-,59+,67+,68+/m1/s1. The molecule has 6 amide bonds. The highest BCUT2D eigenvalue weighted by Crippen LogP contribution is 2.50. The molecule has 0 aliphatic carbocycles. The number of piperidine rings is 1. The van der Waals surface area contributed by atoms with Crippen LogP contribution in [0.4, 0.5) is 15.3 Å². The third-order valence-electron chi connectivity index (χ3n) is 19.1. The van der Waals surface area contributed by atoms with Crippen LogP contribution in [0, 0.1) is 11.8 Å². The number of amides is 6. The minimum atomic E-state index is -1.87. The number of alkyl carbamates (subject to hydrolysis) is 1. The number of allylic oxidation sites excluding steroid dienone is 3. The number of methoxy groups -OCH3 is 2. The number of likely N-dealkylation sites (tertiary alicyclic amines) is 1. The number of phenolic OH excluding ortho intramolecular Hbond substituents is 2. The molecule has 0 saturated carbocycles. The first-order chi connectivity index (χ1) is 45.4. The number of primary amides is 1. The van der Waals surface area contributed by atoms with E-state index in [2.05, 4.69) is 25.4 Å². The molecule has 9 rings (SSSR count). The Balaban J connectivity index is 0.777. The number of hydrogen-bond acceptors (Lipinski definition) is 18. The van der Waals surface area contributed by atoms with Crippen molar-refractivity contribution in [2.45, 2.75) is 172 Å². The number of aliphatic hydroxyl groups is 1. The number of epoxide rings is 1. The third-order valence-corrected chi connectivity index (χ3v) is 22.7. The summed E-state index contributed by atoms with van der Waals surface area (Å²) >= 11 is 6.88. The highest BCUT2D eigenvalue weighted by atomic mass is 35.5. The molecular weight excluding hydrogens is 1300 g/mol. The van der Waals surface area contributed by atoms with E-state index in [4.69, 9.17) is 41.0 Å². The Kier molecular flexibility index (Phi) is 22.7. The van der Waals surface area contributed by atoms with E-state index >= 15 is 0 Å². The van der Waals surface area contributed by atoms with Crippen molar-refractivity contribution < 1.29 is 67.8 Å². The number of carbonyl (C=O) groups is 6. The van der Waals surface area contributed by atoms with Crippen molar-refractivity contribution in [1.82, 2.24) is 39.8 Å². The number of aryl methyl sites for hydroxylation is 1. The number of H-pyrrole nitrogens is 1. The second kappa shape index (κ2) is 30.0. The first-order valence-corrected chi connectivity index (χ1v) is 34.9. The average Bonchev–Trinajstić information content (AvgIpc) is 1.58. The number of phenols is 2. The fraction of sp³-hybridized carbons (Fsp3) is 0.529. The van der Waals surface area contributed by atoms with Crippen LogP contribution in [0.1, 0.15) is 117 Å². The minimum Gasteiger partial charge on any atom is -0.508 e.